The molecule has 0 spiro atoms. The smallest absolute Gasteiger partial charge is 0.0233 e. The molecule has 1 rings (SSSR count). The van der Waals surface area contributed by atoms with Crippen LogP contribution in [0.5, 0.6) is 0 Å². The highest BCUT2D eigenvalue weighted by Crippen LogP contribution is 2.16. The summed E-state index contributed by atoms with van der Waals surface area (Å²) in [4.78, 5) is 2.39. The van der Waals surface area contributed by atoms with E-state index in [1.54, 1.807) is 0 Å². The largest absolute Gasteiger partial charge is 0.330 e. The maximum absolute atomic E-state index is 5.67. The van der Waals surface area contributed by atoms with Crippen LogP contribution in [0.25, 0.3) is 0 Å². The van der Waals surface area contributed by atoms with E-state index in [0.29, 0.717) is 18.5 Å². The van der Waals surface area contributed by atoms with Gasteiger partial charge in [0.2, 0.25) is 0 Å². The van der Waals surface area contributed by atoms with E-state index < -0.39 is 0 Å². The highest BCUT2D eigenvalue weighted by molar-refractivity contribution is 5.25. The van der Waals surface area contributed by atoms with Gasteiger partial charge in [0.05, 0.1) is 0 Å². The SMILES string of the molecule is CCC(C)N(C)Cc1ccc(C(C)CN)cc1. The van der Waals surface area contributed by atoms with Crippen molar-refractivity contribution in [2.24, 2.45) is 5.73 Å². The molecule has 1 aromatic rings. The summed E-state index contributed by atoms with van der Waals surface area (Å²) in [6.45, 7) is 8.40. The van der Waals surface area contributed by atoms with Gasteiger partial charge in [0.1, 0.15) is 0 Å². The van der Waals surface area contributed by atoms with Crippen LogP contribution in [-0.4, -0.2) is 24.5 Å². The average Bonchev–Trinajstić information content (AvgIpc) is 2.37. The highest BCUT2D eigenvalue weighted by Gasteiger charge is 2.08. The van der Waals surface area contributed by atoms with E-state index >= 15 is 0 Å². The molecule has 0 radical (unpaired) electrons. The lowest BCUT2D eigenvalue weighted by Crippen LogP contribution is -2.27. The van der Waals surface area contributed by atoms with Crippen LogP contribution in [0.2, 0.25) is 0 Å². The third kappa shape index (κ3) is 4.14. The zero-order valence-corrected chi connectivity index (χ0v) is 11.6. The fourth-order valence-corrected chi connectivity index (χ4v) is 1.84. The van der Waals surface area contributed by atoms with E-state index in [0.717, 1.165) is 6.54 Å². The Hall–Kier alpha value is -0.860. The second-order valence-corrected chi connectivity index (χ2v) is 5.05. The third-order valence-electron chi connectivity index (χ3n) is 3.68. The minimum absolute atomic E-state index is 0.455. The van der Waals surface area contributed by atoms with Gasteiger partial charge in [-0.25, -0.2) is 0 Å². The van der Waals surface area contributed by atoms with Gasteiger partial charge in [-0.15, -0.1) is 0 Å². The number of nitrogens with zero attached hydrogens (tertiary/aromatic N) is 1. The van der Waals surface area contributed by atoms with Crippen molar-refractivity contribution in [3.8, 4) is 0 Å². The molecule has 0 heterocycles. The van der Waals surface area contributed by atoms with E-state index in [2.05, 4.69) is 57.0 Å². The maximum atomic E-state index is 5.67. The van der Waals surface area contributed by atoms with Crippen molar-refractivity contribution in [1.29, 1.82) is 0 Å². The summed E-state index contributed by atoms with van der Waals surface area (Å²) in [7, 11) is 2.19. The molecule has 1 aromatic carbocycles. The van der Waals surface area contributed by atoms with Gasteiger partial charge in [-0.05, 0) is 44.0 Å². The fraction of sp³-hybridized carbons (Fsp3) is 0.600. The van der Waals surface area contributed by atoms with Crippen LogP contribution < -0.4 is 5.73 Å². The van der Waals surface area contributed by atoms with Crippen molar-refractivity contribution in [2.75, 3.05) is 13.6 Å². The van der Waals surface area contributed by atoms with Crippen LogP contribution in [0, 0.1) is 0 Å². The topological polar surface area (TPSA) is 29.3 Å². The highest BCUT2D eigenvalue weighted by atomic mass is 15.1. The van der Waals surface area contributed by atoms with Crippen LogP contribution in [0.4, 0.5) is 0 Å². The Kier molecular flexibility index (Phi) is 5.66. The summed E-state index contributed by atoms with van der Waals surface area (Å²) in [6, 6.07) is 9.49. The first kappa shape index (κ1) is 14.2. The van der Waals surface area contributed by atoms with Crippen molar-refractivity contribution in [3.05, 3.63) is 35.4 Å². The molecule has 0 aliphatic carbocycles. The summed E-state index contributed by atoms with van der Waals surface area (Å²) >= 11 is 0. The first-order chi connectivity index (χ1) is 8.08. The molecule has 0 bridgehead atoms. The van der Waals surface area contributed by atoms with E-state index in [-0.39, 0.29) is 0 Å². The average molecular weight is 234 g/mol. The van der Waals surface area contributed by atoms with Crippen molar-refractivity contribution in [2.45, 2.75) is 45.7 Å². The van der Waals surface area contributed by atoms with Gasteiger partial charge in [-0.3, -0.25) is 4.90 Å². The molecule has 2 unspecified atom stereocenters. The van der Waals surface area contributed by atoms with Gasteiger partial charge in [0, 0.05) is 12.6 Å². The van der Waals surface area contributed by atoms with Crippen molar-refractivity contribution in [3.63, 3.8) is 0 Å². The Bertz CT molecular complexity index is 318. The summed E-state index contributed by atoms with van der Waals surface area (Å²) in [5.74, 6) is 0.455. The van der Waals surface area contributed by atoms with Crippen LogP contribution in [-0.2, 0) is 6.54 Å². The molecule has 0 aromatic heterocycles. The molecule has 2 heteroatoms. The molecule has 2 N–H and O–H groups in total. The predicted molar refractivity (Wildman–Crippen MR) is 75.1 cm³/mol. The zero-order chi connectivity index (χ0) is 12.8. The van der Waals surface area contributed by atoms with Crippen LogP contribution >= 0.6 is 0 Å². The summed E-state index contributed by atoms with van der Waals surface area (Å²) in [5.41, 5.74) is 8.38. The molecule has 2 atom stereocenters. The van der Waals surface area contributed by atoms with Crippen molar-refractivity contribution < 1.29 is 0 Å². The monoisotopic (exact) mass is 234 g/mol. The van der Waals surface area contributed by atoms with Gasteiger partial charge in [0.25, 0.3) is 0 Å². The molecule has 0 aliphatic heterocycles. The molecular formula is C15H26N2. The van der Waals surface area contributed by atoms with Crippen LogP contribution in [0.1, 0.15) is 44.2 Å². The Morgan fingerprint density at radius 1 is 1.18 bits per heavy atom. The van der Waals surface area contributed by atoms with Gasteiger partial charge in [0.15, 0.2) is 0 Å². The molecule has 2 nitrogen and oxygen atoms in total. The zero-order valence-electron chi connectivity index (χ0n) is 11.6. The van der Waals surface area contributed by atoms with Gasteiger partial charge in [-0.2, -0.15) is 0 Å². The molecule has 0 fully saturated rings. The number of nitrogens with two attached hydrogens (primary N) is 1. The minimum Gasteiger partial charge on any atom is -0.330 e. The summed E-state index contributed by atoms with van der Waals surface area (Å²) < 4.78 is 0. The molecule has 0 aliphatic rings. The normalized spacial score (nSPS) is 14.9. The molecule has 17 heavy (non-hydrogen) atoms. The van der Waals surface area contributed by atoms with Crippen molar-refractivity contribution >= 4 is 0 Å². The molecule has 0 amide bonds. The number of benzene rings is 1. The maximum Gasteiger partial charge on any atom is 0.0233 e. The van der Waals surface area contributed by atoms with E-state index in [4.69, 9.17) is 5.73 Å². The Morgan fingerprint density at radius 3 is 2.24 bits per heavy atom. The first-order valence-electron chi connectivity index (χ1n) is 6.57. The second-order valence-electron chi connectivity index (χ2n) is 5.05. The Labute approximate surface area is 106 Å². The first-order valence-corrected chi connectivity index (χ1v) is 6.57. The molecule has 0 saturated heterocycles. The van der Waals surface area contributed by atoms with Gasteiger partial charge >= 0.3 is 0 Å². The summed E-state index contributed by atoms with van der Waals surface area (Å²) in [6.07, 6.45) is 1.19. The molecule has 0 saturated carbocycles. The van der Waals surface area contributed by atoms with Crippen molar-refractivity contribution in [1.82, 2.24) is 4.90 Å². The van der Waals surface area contributed by atoms with E-state index in [1.807, 2.05) is 0 Å². The number of rotatable bonds is 6. The Morgan fingerprint density at radius 2 is 1.76 bits per heavy atom. The fourth-order valence-electron chi connectivity index (χ4n) is 1.84. The van der Waals surface area contributed by atoms with Crippen LogP contribution in [0.3, 0.4) is 0 Å². The van der Waals surface area contributed by atoms with Crippen LogP contribution in [0.15, 0.2) is 24.3 Å². The standard InChI is InChI=1S/C15H26N2/c1-5-13(3)17(4)11-14-6-8-15(9-7-14)12(2)10-16/h6-9,12-13H,5,10-11,16H2,1-4H3. The van der Waals surface area contributed by atoms with E-state index in [9.17, 15) is 0 Å². The lowest BCUT2D eigenvalue weighted by atomic mass is 10.00. The molecule has 96 valence electrons. The molecular weight excluding hydrogens is 208 g/mol. The van der Waals surface area contributed by atoms with Gasteiger partial charge in [-0.1, -0.05) is 38.1 Å². The Balaban J connectivity index is 2.62. The van der Waals surface area contributed by atoms with Gasteiger partial charge < -0.3 is 5.73 Å². The predicted octanol–water partition coefficient (Wildman–Crippen LogP) is 2.98. The van der Waals surface area contributed by atoms with E-state index in [1.165, 1.54) is 17.5 Å². The third-order valence-corrected chi connectivity index (χ3v) is 3.68. The number of hydrogen-bond donors (Lipinski definition) is 1. The summed E-state index contributed by atoms with van der Waals surface area (Å²) in [5, 5.41) is 0. The minimum atomic E-state index is 0.455. The lowest BCUT2D eigenvalue weighted by Gasteiger charge is -2.23. The lowest BCUT2D eigenvalue weighted by molar-refractivity contribution is 0.244. The second kappa shape index (κ2) is 6.77. The quantitative estimate of drug-likeness (QED) is 0.820. The number of hydrogen-bond acceptors (Lipinski definition) is 2.